The van der Waals surface area contributed by atoms with Gasteiger partial charge in [0.2, 0.25) is 0 Å². The molecule has 1 fully saturated rings. The van der Waals surface area contributed by atoms with Crippen LogP contribution < -0.4 is 0 Å². The van der Waals surface area contributed by atoms with Crippen LogP contribution in [0.1, 0.15) is 28.8 Å². The minimum absolute atomic E-state index is 0.189. The van der Waals surface area contributed by atoms with Crippen LogP contribution >= 0.6 is 15.9 Å². The molecule has 0 spiro atoms. The second-order valence-corrected chi connectivity index (χ2v) is 5.01. The third-order valence-corrected chi connectivity index (χ3v) is 3.59. The molecule has 1 aliphatic rings. The Hall–Kier alpha value is -1.04. The number of likely N-dealkylation sites (tertiary alicyclic amines) is 1. The lowest BCUT2D eigenvalue weighted by atomic mass is 10.1. The lowest BCUT2D eigenvalue weighted by Crippen LogP contribution is -2.30. The minimum atomic E-state index is -4.52. The molecule has 2 rings (SSSR count). The van der Waals surface area contributed by atoms with Crippen LogP contribution in [0.2, 0.25) is 0 Å². The topological polar surface area (TPSA) is 20.3 Å². The van der Waals surface area contributed by atoms with Gasteiger partial charge >= 0.3 is 6.18 Å². The average Bonchev–Trinajstić information content (AvgIpc) is 2.80. The van der Waals surface area contributed by atoms with Gasteiger partial charge in [0.1, 0.15) is 0 Å². The highest BCUT2D eigenvalue weighted by Gasteiger charge is 2.37. The maximum atomic E-state index is 12.9. The maximum absolute atomic E-state index is 12.9. The van der Waals surface area contributed by atoms with Gasteiger partial charge in [0.05, 0.1) is 11.1 Å². The van der Waals surface area contributed by atoms with Crippen LogP contribution in [0.25, 0.3) is 0 Å². The quantitative estimate of drug-likeness (QED) is 0.772. The fraction of sp³-hybridized carbons (Fsp3) is 0.417. The average molecular weight is 322 g/mol. The van der Waals surface area contributed by atoms with Gasteiger partial charge in [0.25, 0.3) is 5.91 Å². The molecular weight excluding hydrogens is 311 g/mol. The van der Waals surface area contributed by atoms with Gasteiger partial charge in [-0.2, -0.15) is 13.2 Å². The van der Waals surface area contributed by atoms with Crippen molar-refractivity contribution in [2.45, 2.75) is 19.0 Å². The first kappa shape index (κ1) is 13.4. The summed E-state index contributed by atoms with van der Waals surface area (Å²) in [5.41, 5.74) is -1.17. The normalized spacial score (nSPS) is 16.1. The smallest absolute Gasteiger partial charge is 0.339 e. The summed E-state index contributed by atoms with van der Waals surface area (Å²) in [5, 5.41) is 0. The highest BCUT2D eigenvalue weighted by atomic mass is 79.9. The van der Waals surface area contributed by atoms with E-state index < -0.39 is 17.6 Å². The van der Waals surface area contributed by atoms with Crippen LogP contribution in [0.4, 0.5) is 13.2 Å². The van der Waals surface area contributed by atoms with Crippen molar-refractivity contribution in [3.8, 4) is 0 Å². The number of hydrogen-bond acceptors (Lipinski definition) is 1. The number of hydrogen-bond donors (Lipinski definition) is 0. The highest BCUT2D eigenvalue weighted by molar-refractivity contribution is 9.10. The molecule has 1 aromatic rings. The Labute approximate surface area is 111 Å². The van der Waals surface area contributed by atoms with E-state index >= 15 is 0 Å². The van der Waals surface area contributed by atoms with Gasteiger partial charge in [-0.25, -0.2) is 0 Å². The van der Waals surface area contributed by atoms with Crippen molar-refractivity contribution in [3.05, 3.63) is 33.8 Å². The van der Waals surface area contributed by atoms with Crippen molar-refractivity contribution < 1.29 is 18.0 Å². The number of amides is 1. The summed E-state index contributed by atoms with van der Waals surface area (Å²) in [4.78, 5) is 13.6. The van der Waals surface area contributed by atoms with E-state index in [1.807, 2.05) is 0 Å². The Kier molecular flexibility index (Phi) is 3.66. The monoisotopic (exact) mass is 321 g/mol. The number of carbonyl (C=O) groups is 1. The van der Waals surface area contributed by atoms with E-state index in [-0.39, 0.29) is 10.0 Å². The molecule has 0 atom stereocenters. The van der Waals surface area contributed by atoms with Gasteiger partial charge in [-0.15, -0.1) is 0 Å². The van der Waals surface area contributed by atoms with E-state index in [9.17, 15) is 18.0 Å². The third-order valence-electron chi connectivity index (χ3n) is 2.93. The fourth-order valence-corrected chi connectivity index (χ4v) is 2.59. The highest BCUT2D eigenvalue weighted by Crippen LogP contribution is 2.36. The SMILES string of the molecule is O=C(c1c(Br)cccc1C(F)(F)F)N1CCCC1. The second kappa shape index (κ2) is 4.91. The Morgan fingerprint density at radius 2 is 1.83 bits per heavy atom. The van der Waals surface area contributed by atoms with Gasteiger partial charge < -0.3 is 4.90 Å². The zero-order valence-corrected chi connectivity index (χ0v) is 11.0. The largest absolute Gasteiger partial charge is 0.417 e. The van der Waals surface area contributed by atoms with Crippen LogP contribution in [0, 0.1) is 0 Å². The molecule has 0 saturated carbocycles. The third kappa shape index (κ3) is 2.53. The number of carbonyl (C=O) groups excluding carboxylic acids is 1. The van der Waals surface area contributed by atoms with Crippen LogP contribution in [0.5, 0.6) is 0 Å². The maximum Gasteiger partial charge on any atom is 0.417 e. The van der Waals surface area contributed by atoms with E-state index in [2.05, 4.69) is 15.9 Å². The molecule has 18 heavy (non-hydrogen) atoms. The molecule has 1 amide bonds. The molecule has 0 N–H and O–H groups in total. The van der Waals surface area contributed by atoms with Crippen LogP contribution in [0.15, 0.2) is 22.7 Å². The molecule has 0 aliphatic carbocycles. The summed E-state index contributed by atoms with van der Waals surface area (Å²) < 4.78 is 38.8. The zero-order chi connectivity index (χ0) is 13.3. The predicted octanol–water partition coefficient (Wildman–Crippen LogP) is 3.70. The minimum Gasteiger partial charge on any atom is -0.339 e. The first-order valence-corrected chi connectivity index (χ1v) is 6.35. The lowest BCUT2D eigenvalue weighted by molar-refractivity contribution is -0.138. The van der Waals surface area contributed by atoms with Crippen molar-refractivity contribution in [2.75, 3.05) is 13.1 Å². The summed E-state index contributed by atoms with van der Waals surface area (Å²) in [6, 6.07) is 3.68. The number of nitrogens with zero attached hydrogens (tertiary/aromatic N) is 1. The van der Waals surface area contributed by atoms with E-state index in [1.165, 1.54) is 17.0 Å². The Morgan fingerprint density at radius 1 is 1.22 bits per heavy atom. The molecule has 1 aromatic carbocycles. The first-order valence-electron chi connectivity index (χ1n) is 5.56. The van der Waals surface area contributed by atoms with Gasteiger partial charge in [0, 0.05) is 17.6 Å². The standard InChI is InChI=1S/C12H11BrF3NO/c13-9-5-3-4-8(12(14,15)16)10(9)11(18)17-6-1-2-7-17/h3-5H,1-2,6-7H2. The number of rotatable bonds is 1. The number of benzene rings is 1. The van der Waals surface area contributed by atoms with Crippen molar-refractivity contribution in [1.29, 1.82) is 0 Å². The molecule has 1 saturated heterocycles. The number of halogens is 4. The van der Waals surface area contributed by atoms with Crippen molar-refractivity contribution in [1.82, 2.24) is 4.90 Å². The molecule has 98 valence electrons. The summed E-state index contributed by atoms with van der Waals surface area (Å²) in [6.07, 6.45) is -2.83. The molecular formula is C12H11BrF3NO. The Morgan fingerprint density at radius 3 is 2.39 bits per heavy atom. The Balaban J connectivity index is 2.45. The lowest BCUT2D eigenvalue weighted by Gasteiger charge is -2.19. The van der Waals surface area contributed by atoms with Gasteiger partial charge in [0.15, 0.2) is 0 Å². The van der Waals surface area contributed by atoms with E-state index in [1.54, 1.807) is 0 Å². The Bertz CT molecular complexity index is 467. The molecule has 2 nitrogen and oxygen atoms in total. The van der Waals surface area contributed by atoms with Crippen LogP contribution in [-0.4, -0.2) is 23.9 Å². The zero-order valence-electron chi connectivity index (χ0n) is 9.43. The molecule has 0 aromatic heterocycles. The molecule has 1 aliphatic heterocycles. The van der Waals surface area contributed by atoms with Crippen molar-refractivity contribution >= 4 is 21.8 Å². The molecule has 1 heterocycles. The molecule has 0 radical (unpaired) electrons. The molecule has 6 heteroatoms. The summed E-state index contributed by atoms with van der Waals surface area (Å²) in [7, 11) is 0. The molecule has 0 unspecified atom stereocenters. The summed E-state index contributed by atoms with van der Waals surface area (Å²) in [5.74, 6) is -0.549. The van der Waals surface area contributed by atoms with E-state index in [4.69, 9.17) is 0 Å². The van der Waals surface area contributed by atoms with E-state index in [0.717, 1.165) is 18.9 Å². The summed E-state index contributed by atoms with van der Waals surface area (Å²) >= 11 is 3.04. The first-order chi connectivity index (χ1) is 8.41. The van der Waals surface area contributed by atoms with E-state index in [0.29, 0.717) is 13.1 Å². The number of alkyl halides is 3. The van der Waals surface area contributed by atoms with Crippen molar-refractivity contribution in [3.63, 3.8) is 0 Å². The van der Waals surface area contributed by atoms with Gasteiger partial charge in [-0.05, 0) is 40.9 Å². The summed E-state index contributed by atoms with van der Waals surface area (Å²) in [6.45, 7) is 1.05. The second-order valence-electron chi connectivity index (χ2n) is 4.16. The fourth-order valence-electron chi connectivity index (χ4n) is 2.06. The van der Waals surface area contributed by atoms with Crippen LogP contribution in [0.3, 0.4) is 0 Å². The van der Waals surface area contributed by atoms with Crippen LogP contribution in [-0.2, 0) is 6.18 Å². The predicted molar refractivity (Wildman–Crippen MR) is 64.3 cm³/mol. The van der Waals surface area contributed by atoms with Crippen molar-refractivity contribution in [2.24, 2.45) is 0 Å². The molecule has 0 bridgehead atoms. The van der Waals surface area contributed by atoms with Gasteiger partial charge in [-0.1, -0.05) is 6.07 Å². The van der Waals surface area contributed by atoms with Gasteiger partial charge in [-0.3, -0.25) is 4.79 Å².